The third-order valence-corrected chi connectivity index (χ3v) is 4.64. The zero-order valence-corrected chi connectivity index (χ0v) is 14.6. The van der Waals surface area contributed by atoms with Crippen LogP contribution in [0.5, 0.6) is 0 Å². The molecule has 4 heteroatoms. The first-order chi connectivity index (χ1) is 12.2. The third kappa shape index (κ3) is 3.11. The van der Waals surface area contributed by atoms with Crippen molar-refractivity contribution >= 4 is 28.3 Å². The number of halogens is 1. The largest absolute Gasteiger partial charge is 0.359 e. The van der Waals surface area contributed by atoms with Crippen LogP contribution in [-0.2, 0) is 0 Å². The first-order valence-electron chi connectivity index (χ1n) is 8.22. The fraction of sp³-hybridized carbons (Fsp3) is 0.0952. The van der Waals surface area contributed by atoms with E-state index in [9.17, 15) is 0 Å². The molecular formula is C21H18ClN3. The molecule has 0 unspecified atom stereocenters. The van der Waals surface area contributed by atoms with E-state index < -0.39 is 0 Å². The minimum atomic E-state index is -0.0247. The van der Waals surface area contributed by atoms with Gasteiger partial charge in [-0.25, -0.2) is 4.98 Å². The number of hydrogen-bond acceptors (Lipinski definition) is 2. The van der Waals surface area contributed by atoms with Gasteiger partial charge in [-0.15, -0.1) is 0 Å². The first kappa shape index (κ1) is 15.7. The molecule has 2 heterocycles. The fourth-order valence-corrected chi connectivity index (χ4v) is 3.37. The Balaban J connectivity index is 1.87. The molecule has 25 heavy (non-hydrogen) atoms. The number of nitrogens with zero attached hydrogens (tertiary/aromatic N) is 1. The minimum absolute atomic E-state index is 0.0247. The number of nitrogens with one attached hydrogen (secondary N) is 2. The van der Waals surface area contributed by atoms with Crippen molar-refractivity contribution < 1.29 is 0 Å². The third-order valence-electron chi connectivity index (χ3n) is 4.39. The Morgan fingerprint density at radius 1 is 0.960 bits per heavy atom. The Kier molecular flexibility index (Phi) is 4.16. The summed E-state index contributed by atoms with van der Waals surface area (Å²) in [5, 5.41) is 5.52. The lowest BCUT2D eigenvalue weighted by Gasteiger charge is -2.21. The Morgan fingerprint density at radius 3 is 2.48 bits per heavy atom. The fourth-order valence-electron chi connectivity index (χ4n) is 3.24. The van der Waals surface area contributed by atoms with E-state index in [1.165, 1.54) is 10.9 Å². The smallest absolute Gasteiger partial charge is 0.126 e. The van der Waals surface area contributed by atoms with Gasteiger partial charge in [0.1, 0.15) is 5.82 Å². The van der Waals surface area contributed by atoms with Crippen LogP contribution < -0.4 is 5.32 Å². The Labute approximate surface area is 151 Å². The Morgan fingerprint density at radius 2 is 1.72 bits per heavy atom. The highest BCUT2D eigenvalue weighted by Crippen LogP contribution is 2.34. The number of aryl methyl sites for hydroxylation is 1. The number of pyridine rings is 1. The number of aromatic nitrogens is 2. The molecule has 2 N–H and O–H groups in total. The molecule has 0 aliphatic heterocycles. The maximum Gasteiger partial charge on any atom is 0.126 e. The van der Waals surface area contributed by atoms with Crippen LogP contribution in [0.2, 0.25) is 5.02 Å². The molecule has 2 aromatic carbocycles. The molecule has 0 radical (unpaired) electrons. The average Bonchev–Trinajstić information content (AvgIpc) is 2.97. The van der Waals surface area contributed by atoms with Crippen molar-refractivity contribution in [3.63, 3.8) is 0 Å². The standard InChI is InChI=1S/C21H18ClN3/c1-14-20(17-6-2-3-7-18(17)24-14)21(15-9-11-16(22)12-10-15)25-19-8-4-5-13-23-19/h2-13,21,24H,1H3,(H,23,25)/t21-/m0/s1. The molecule has 0 fully saturated rings. The number of H-pyrrole nitrogens is 1. The number of anilines is 1. The second-order valence-electron chi connectivity index (χ2n) is 6.05. The summed E-state index contributed by atoms with van der Waals surface area (Å²) in [7, 11) is 0. The Hall–Kier alpha value is -2.78. The molecule has 0 saturated heterocycles. The van der Waals surface area contributed by atoms with Gasteiger partial charge in [0.05, 0.1) is 6.04 Å². The minimum Gasteiger partial charge on any atom is -0.359 e. The van der Waals surface area contributed by atoms with Crippen LogP contribution in [0, 0.1) is 6.92 Å². The predicted octanol–water partition coefficient (Wildman–Crippen LogP) is 5.73. The summed E-state index contributed by atoms with van der Waals surface area (Å²) in [4.78, 5) is 7.92. The normalized spacial score (nSPS) is 12.2. The molecule has 0 spiro atoms. The summed E-state index contributed by atoms with van der Waals surface area (Å²) in [6, 6.07) is 22.2. The number of hydrogen-bond donors (Lipinski definition) is 2. The monoisotopic (exact) mass is 347 g/mol. The van der Waals surface area contributed by atoms with E-state index >= 15 is 0 Å². The summed E-state index contributed by atoms with van der Waals surface area (Å²) < 4.78 is 0. The zero-order valence-electron chi connectivity index (χ0n) is 13.8. The number of benzene rings is 2. The molecule has 4 aromatic rings. The molecule has 2 aromatic heterocycles. The van der Waals surface area contributed by atoms with Crippen molar-refractivity contribution in [3.05, 3.63) is 94.8 Å². The number of aromatic amines is 1. The maximum atomic E-state index is 6.09. The number of rotatable bonds is 4. The van der Waals surface area contributed by atoms with Crippen LogP contribution in [0.3, 0.4) is 0 Å². The maximum absolute atomic E-state index is 6.09. The number of para-hydroxylation sites is 1. The van der Waals surface area contributed by atoms with Crippen LogP contribution in [0.4, 0.5) is 5.82 Å². The van der Waals surface area contributed by atoms with Crippen LogP contribution in [0.15, 0.2) is 72.9 Å². The van der Waals surface area contributed by atoms with Gasteiger partial charge in [0.2, 0.25) is 0 Å². The number of fused-ring (bicyclic) bond motifs is 1. The topological polar surface area (TPSA) is 40.7 Å². The van der Waals surface area contributed by atoms with Crippen molar-refractivity contribution in [2.24, 2.45) is 0 Å². The molecule has 0 aliphatic carbocycles. The van der Waals surface area contributed by atoms with Gasteiger partial charge in [0.25, 0.3) is 0 Å². The summed E-state index contributed by atoms with van der Waals surface area (Å²) in [5.41, 5.74) is 4.65. The van der Waals surface area contributed by atoms with Gasteiger partial charge < -0.3 is 10.3 Å². The van der Waals surface area contributed by atoms with Crippen molar-refractivity contribution in [2.45, 2.75) is 13.0 Å². The van der Waals surface area contributed by atoms with E-state index in [1.807, 2.05) is 36.4 Å². The van der Waals surface area contributed by atoms with E-state index in [2.05, 4.69) is 52.5 Å². The van der Waals surface area contributed by atoms with E-state index in [1.54, 1.807) is 6.20 Å². The van der Waals surface area contributed by atoms with Crippen LogP contribution >= 0.6 is 11.6 Å². The van der Waals surface area contributed by atoms with Gasteiger partial charge in [-0.2, -0.15) is 0 Å². The lowest BCUT2D eigenvalue weighted by atomic mass is 9.96. The lowest BCUT2D eigenvalue weighted by molar-refractivity contribution is 0.921. The first-order valence-corrected chi connectivity index (χ1v) is 8.60. The average molecular weight is 348 g/mol. The van der Waals surface area contributed by atoms with E-state index in [4.69, 9.17) is 11.6 Å². The molecule has 3 nitrogen and oxygen atoms in total. The van der Waals surface area contributed by atoms with E-state index in [-0.39, 0.29) is 6.04 Å². The van der Waals surface area contributed by atoms with E-state index in [0.29, 0.717) is 0 Å². The van der Waals surface area contributed by atoms with E-state index in [0.717, 1.165) is 27.6 Å². The van der Waals surface area contributed by atoms with Gasteiger partial charge in [-0.1, -0.05) is 48.0 Å². The van der Waals surface area contributed by atoms with Gasteiger partial charge in [-0.05, 0) is 42.8 Å². The predicted molar refractivity (Wildman–Crippen MR) is 104 cm³/mol. The zero-order chi connectivity index (χ0) is 17.2. The molecular weight excluding hydrogens is 330 g/mol. The van der Waals surface area contributed by atoms with Crippen molar-refractivity contribution in [1.29, 1.82) is 0 Å². The quantitative estimate of drug-likeness (QED) is 0.495. The van der Waals surface area contributed by atoms with Gasteiger partial charge in [0.15, 0.2) is 0 Å². The van der Waals surface area contributed by atoms with Crippen molar-refractivity contribution in [2.75, 3.05) is 5.32 Å². The molecule has 0 saturated carbocycles. The highest BCUT2D eigenvalue weighted by atomic mass is 35.5. The molecule has 1 atom stereocenters. The van der Waals surface area contributed by atoms with Gasteiger partial charge >= 0.3 is 0 Å². The van der Waals surface area contributed by atoms with Crippen LogP contribution in [0.1, 0.15) is 22.9 Å². The lowest BCUT2D eigenvalue weighted by Crippen LogP contribution is -2.14. The molecule has 0 aliphatic rings. The van der Waals surface area contributed by atoms with Gasteiger partial charge in [0, 0.05) is 33.4 Å². The molecule has 0 bridgehead atoms. The molecule has 4 rings (SSSR count). The molecule has 0 amide bonds. The SMILES string of the molecule is Cc1[nH]c2ccccc2c1[C@@H](Nc1ccccn1)c1ccc(Cl)cc1. The summed E-state index contributed by atoms with van der Waals surface area (Å²) >= 11 is 6.09. The van der Waals surface area contributed by atoms with Crippen molar-refractivity contribution in [1.82, 2.24) is 9.97 Å². The second kappa shape index (κ2) is 6.61. The van der Waals surface area contributed by atoms with Crippen LogP contribution in [-0.4, -0.2) is 9.97 Å². The highest BCUT2D eigenvalue weighted by Gasteiger charge is 2.21. The second-order valence-corrected chi connectivity index (χ2v) is 6.49. The van der Waals surface area contributed by atoms with Gasteiger partial charge in [-0.3, -0.25) is 0 Å². The Bertz CT molecular complexity index is 991. The summed E-state index contributed by atoms with van der Waals surface area (Å²) in [6.07, 6.45) is 1.79. The molecule has 124 valence electrons. The van der Waals surface area contributed by atoms with Crippen LogP contribution in [0.25, 0.3) is 10.9 Å². The highest BCUT2D eigenvalue weighted by molar-refractivity contribution is 6.30. The van der Waals surface area contributed by atoms with Crippen molar-refractivity contribution in [3.8, 4) is 0 Å². The summed E-state index contributed by atoms with van der Waals surface area (Å²) in [5.74, 6) is 0.840. The summed E-state index contributed by atoms with van der Waals surface area (Å²) in [6.45, 7) is 2.11.